The van der Waals surface area contributed by atoms with E-state index in [1.165, 1.54) is 19.3 Å². The van der Waals surface area contributed by atoms with Crippen molar-refractivity contribution in [2.24, 2.45) is 5.92 Å². The summed E-state index contributed by atoms with van der Waals surface area (Å²) < 4.78 is 10.7. The first-order valence-electron chi connectivity index (χ1n) is 7.25. The van der Waals surface area contributed by atoms with E-state index >= 15 is 0 Å². The minimum absolute atomic E-state index is 0.293. The molecule has 20 heavy (non-hydrogen) atoms. The molecule has 1 saturated carbocycles. The minimum atomic E-state index is -0.293. The van der Waals surface area contributed by atoms with Crippen molar-refractivity contribution in [2.75, 3.05) is 18.5 Å². The van der Waals surface area contributed by atoms with Crippen molar-refractivity contribution in [3.8, 4) is 0 Å². The van der Waals surface area contributed by atoms with Gasteiger partial charge in [-0.2, -0.15) is 0 Å². The van der Waals surface area contributed by atoms with E-state index in [4.69, 9.17) is 9.26 Å². The van der Waals surface area contributed by atoms with Crippen molar-refractivity contribution >= 4 is 11.8 Å². The fraction of sp³-hybridized carbons (Fsp3) is 0.714. The molecule has 2 N–H and O–H groups in total. The summed E-state index contributed by atoms with van der Waals surface area (Å²) in [6.07, 6.45) is 5.26. The van der Waals surface area contributed by atoms with Gasteiger partial charge in [0.2, 0.25) is 0 Å². The summed E-state index contributed by atoms with van der Waals surface area (Å²) in [6, 6.07) is 1.37. The molecule has 1 aliphatic rings. The van der Waals surface area contributed by atoms with E-state index in [-0.39, 0.29) is 6.03 Å². The molecule has 112 valence electrons. The lowest BCUT2D eigenvalue weighted by Gasteiger charge is -2.28. The fourth-order valence-electron chi connectivity index (χ4n) is 2.49. The van der Waals surface area contributed by atoms with Gasteiger partial charge in [0.25, 0.3) is 0 Å². The number of hydrogen-bond acceptors (Lipinski definition) is 4. The molecule has 0 radical (unpaired) electrons. The highest BCUT2D eigenvalue weighted by Gasteiger charge is 2.21. The van der Waals surface area contributed by atoms with Crippen LogP contribution in [0.2, 0.25) is 0 Å². The van der Waals surface area contributed by atoms with Crippen LogP contribution < -0.4 is 10.6 Å². The summed E-state index contributed by atoms with van der Waals surface area (Å²) in [6.45, 7) is 5.04. The van der Waals surface area contributed by atoms with Gasteiger partial charge in [0.1, 0.15) is 5.76 Å². The number of amides is 2. The first-order chi connectivity index (χ1) is 9.65. The van der Waals surface area contributed by atoms with Crippen molar-refractivity contribution in [1.29, 1.82) is 0 Å². The summed E-state index contributed by atoms with van der Waals surface area (Å²) in [7, 11) is 0. The SMILES string of the molecule is Cc1cc(NC(=O)NCCOC2CCCCC2C)no1. The molecule has 2 amide bonds. The van der Waals surface area contributed by atoms with E-state index in [1.807, 2.05) is 0 Å². The van der Waals surface area contributed by atoms with Crippen LogP contribution in [0.3, 0.4) is 0 Å². The molecule has 2 rings (SSSR count). The van der Waals surface area contributed by atoms with Crippen LogP contribution in [0, 0.1) is 12.8 Å². The molecule has 1 fully saturated rings. The van der Waals surface area contributed by atoms with Gasteiger partial charge < -0.3 is 14.6 Å². The predicted octanol–water partition coefficient (Wildman–Crippen LogP) is 2.70. The largest absolute Gasteiger partial charge is 0.376 e. The Morgan fingerprint density at radius 3 is 3.00 bits per heavy atom. The average molecular weight is 281 g/mol. The van der Waals surface area contributed by atoms with E-state index in [0.29, 0.717) is 36.8 Å². The highest BCUT2D eigenvalue weighted by Crippen LogP contribution is 2.25. The highest BCUT2D eigenvalue weighted by atomic mass is 16.5. The van der Waals surface area contributed by atoms with E-state index in [9.17, 15) is 4.79 Å². The van der Waals surface area contributed by atoms with E-state index in [0.717, 1.165) is 6.42 Å². The molecule has 0 aromatic carbocycles. The van der Waals surface area contributed by atoms with E-state index in [2.05, 4.69) is 22.7 Å². The number of rotatable bonds is 5. The standard InChI is InChI=1S/C14H23N3O3/c1-10-5-3-4-6-12(10)19-8-7-15-14(18)16-13-9-11(2)20-17-13/h9-10,12H,3-8H2,1-2H3,(H2,15,16,17,18). The number of carbonyl (C=O) groups excluding carboxylic acids is 1. The van der Waals surface area contributed by atoms with Gasteiger partial charge >= 0.3 is 6.03 Å². The molecule has 0 bridgehead atoms. The third-order valence-corrected chi connectivity index (χ3v) is 3.62. The van der Waals surface area contributed by atoms with Gasteiger partial charge in [-0.25, -0.2) is 4.79 Å². The molecule has 2 atom stereocenters. The van der Waals surface area contributed by atoms with Crippen molar-refractivity contribution in [3.05, 3.63) is 11.8 Å². The first kappa shape index (κ1) is 14.8. The topological polar surface area (TPSA) is 76.4 Å². The van der Waals surface area contributed by atoms with Gasteiger partial charge in [-0.15, -0.1) is 0 Å². The van der Waals surface area contributed by atoms with Crippen LogP contribution >= 0.6 is 0 Å². The van der Waals surface area contributed by atoms with Gasteiger partial charge in [0.15, 0.2) is 5.82 Å². The van der Waals surface area contributed by atoms with Crippen molar-refractivity contribution in [2.45, 2.75) is 45.6 Å². The van der Waals surface area contributed by atoms with Crippen LogP contribution in [0.5, 0.6) is 0 Å². The zero-order valence-corrected chi connectivity index (χ0v) is 12.1. The smallest absolute Gasteiger partial charge is 0.320 e. The molecule has 1 aliphatic carbocycles. The lowest BCUT2D eigenvalue weighted by atomic mass is 9.88. The summed E-state index contributed by atoms with van der Waals surface area (Å²) in [5, 5.41) is 9.03. The molecule has 1 aromatic heterocycles. The molecule has 6 nitrogen and oxygen atoms in total. The second-order valence-electron chi connectivity index (χ2n) is 5.37. The molecule has 2 unspecified atom stereocenters. The van der Waals surface area contributed by atoms with Crippen molar-refractivity contribution < 1.29 is 14.1 Å². The van der Waals surface area contributed by atoms with Gasteiger partial charge in [0.05, 0.1) is 12.7 Å². The average Bonchev–Trinajstić information content (AvgIpc) is 2.82. The third-order valence-electron chi connectivity index (χ3n) is 3.62. The second kappa shape index (κ2) is 7.28. The number of carbonyl (C=O) groups is 1. The molecular formula is C14H23N3O3. The maximum atomic E-state index is 11.6. The summed E-state index contributed by atoms with van der Waals surface area (Å²) in [5.41, 5.74) is 0. The Morgan fingerprint density at radius 2 is 2.30 bits per heavy atom. The summed E-state index contributed by atoms with van der Waals surface area (Å²) in [5.74, 6) is 1.70. The Morgan fingerprint density at radius 1 is 1.50 bits per heavy atom. The van der Waals surface area contributed by atoms with E-state index < -0.39 is 0 Å². The van der Waals surface area contributed by atoms with Gasteiger partial charge in [-0.3, -0.25) is 5.32 Å². The van der Waals surface area contributed by atoms with E-state index in [1.54, 1.807) is 13.0 Å². The van der Waals surface area contributed by atoms with Crippen LogP contribution in [0.1, 0.15) is 38.4 Å². The number of anilines is 1. The second-order valence-corrected chi connectivity index (χ2v) is 5.37. The summed E-state index contributed by atoms with van der Waals surface area (Å²) in [4.78, 5) is 11.6. The van der Waals surface area contributed by atoms with Gasteiger partial charge in [-0.1, -0.05) is 24.9 Å². The number of ether oxygens (including phenoxy) is 1. The fourth-order valence-corrected chi connectivity index (χ4v) is 2.49. The number of aryl methyl sites for hydroxylation is 1. The maximum Gasteiger partial charge on any atom is 0.320 e. The normalized spacial score (nSPS) is 22.5. The number of hydrogen-bond donors (Lipinski definition) is 2. The zero-order chi connectivity index (χ0) is 14.4. The highest BCUT2D eigenvalue weighted by molar-refractivity contribution is 5.88. The lowest BCUT2D eigenvalue weighted by Crippen LogP contribution is -2.34. The van der Waals surface area contributed by atoms with Crippen molar-refractivity contribution in [3.63, 3.8) is 0 Å². The Labute approximate surface area is 119 Å². The Balaban J connectivity index is 1.59. The molecular weight excluding hydrogens is 258 g/mol. The van der Waals surface area contributed by atoms with Crippen LogP contribution in [0.25, 0.3) is 0 Å². The predicted molar refractivity (Wildman–Crippen MR) is 75.6 cm³/mol. The number of nitrogens with zero attached hydrogens (tertiary/aromatic N) is 1. The number of nitrogens with one attached hydrogen (secondary N) is 2. The summed E-state index contributed by atoms with van der Waals surface area (Å²) >= 11 is 0. The Kier molecular flexibility index (Phi) is 5.40. The third kappa shape index (κ3) is 4.52. The lowest BCUT2D eigenvalue weighted by molar-refractivity contribution is -0.00232. The van der Waals surface area contributed by atoms with Gasteiger partial charge in [0, 0.05) is 12.6 Å². The molecule has 0 spiro atoms. The maximum absolute atomic E-state index is 11.6. The number of aromatic nitrogens is 1. The molecule has 0 saturated heterocycles. The molecule has 0 aliphatic heterocycles. The van der Waals surface area contributed by atoms with Gasteiger partial charge in [-0.05, 0) is 25.7 Å². The van der Waals surface area contributed by atoms with Crippen LogP contribution in [-0.4, -0.2) is 30.4 Å². The Bertz CT molecular complexity index is 433. The van der Waals surface area contributed by atoms with Crippen LogP contribution in [0.15, 0.2) is 10.6 Å². The molecule has 6 heteroatoms. The van der Waals surface area contributed by atoms with Crippen LogP contribution in [-0.2, 0) is 4.74 Å². The van der Waals surface area contributed by atoms with Crippen molar-refractivity contribution in [1.82, 2.24) is 10.5 Å². The minimum Gasteiger partial charge on any atom is -0.376 e. The zero-order valence-electron chi connectivity index (χ0n) is 12.1. The Hall–Kier alpha value is -1.56. The first-order valence-corrected chi connectivity index (χ1v) is 7.25. The monoisotopic (exact) mass is 281 g/mol. The number of urea groups is 1. The molecule has 1 aromatic rings. The quantitative estimate of drug-likeness (QED) is 0.814. The molecule has 1 heterocycles. The van der Waals surface area contributed by atoms with Crippen LogP contribution in [0.4, 0.5) is 10.6 Å².